The molecule has 1 amide bonds. The zero-order valence-corrected chi connectivity index (χ0v) is 46.7. The van der Waals surface area contributed by atoms with Crippen LogP contribution in [0.5, 0.6) is 0 Å². The van der Waals surface area contributed by atoms with Gasteiger partial charge in [-0.1, -0.05) is 268 Å². The lowest BCUT2D eigenvalue weighted by molar-refractivity contribution is -0.143. The number of unbranched alkanes of at least 4 members (excludes halogenated alkanes) is 40. The summed E-state index contributed by atoms with van der Waals surface area (Å²) in [7, 11) is 0. The average Bonchev–Trinajstić information content (AvgIpc) is 3.36. The molecule has 6 nitrogen and oxygen atoms in total. The summed E-state index contributed by atoms with van der Waals surface area (Å²) in [5.41, 5.74) is 0. The number of carbonyl (C=O) groups excluding carboxylic acids is 2. The monoisotopic (exact) mass is 982 g/mol. The van der Waals surface area contributed by atoms with E-state index in [1.54, 1.807) is 6.08 Å². The second-order valence-corrected chi connectivity index (χ2v) is 21.0. The highest BCUT2D eigenvalue weighted by Gasteiger charge is 2.18. The van der Waals surface area contributed by atoms with Crippen molar-refractivity contribution >= 4 is 11.9 Å². The minimum atomic E-state index is -0.865. The van der Waals surface area contributed by atoms with Gasteiger partial charge in [-0.25, -0.2) is 0 Å². The predicted molar refractivity (Wildman–Crippen MR) is 306 cm³/mol. The summed E-state index contributed by atoms with van der Waals surface area (Å²) < 4.78 is 5.46. The van der Waals surface area contributed by atoms with E-state index < -0.39 is 12.1 Å². The molecular weight excluding hydrogens is 863 g/mol. The number of aliphatic hydroxyl groups excluding tert-OH is 2. The van der Waals surface area contributed by atoms with Crippen LogP contribution in [0.2, 0.25) is 0 Å². The Balaban J connectivity index is 3.53. The van der Waals surface area contributed by atoms with Crippen molar-refractivity contribution in [1.29, 1.82) is 0 Å². The van der Waals surface area contributed by atoms with Crippen molar-refractivity contribution in [3.05, 3.63) is 48.6 Å². The molecule has 0 aliphatic rings. The van der Waals surface area contributed by atoms with E-state index in [0.717, 1.165) is 83.5 Å². The number of carbonyl (C=O) groups is 2. The first kappa shape index (κ1) is 67.8. The van der Waals surface area contributed by atoms with Crippen molar-refractivity contribution < 1.29 is 24.5 Å². The lowest BCUT2D eigenvalue weighted by atomic mass is 10.0. The van der Waals surface area contributed by atoms with Crippen LogP contribution in [0.25, 0.3) is 0 Å². The summed E-state index contributed by atoms with van der Waals surface area (Å²) in [5.74, 6) is -0.124. The van der Waals surface area contributed by atoms with Crippen molar-refractivity contribution in [2.24, 2.45) is 0 Å². The van der Waals surface area contributed by atoms with Gasteiger partial charge in [-0.2, -0.15) is 0 Å². The second-order valence-electron chi connectivity index (χ2n) is 21.0. The Morgan fingerprint density at radius 3 is 1.14 bits per heavy atom. The number of rotatable bonds is 57. The molecule has 0 aliphatic heterocycles. The SMILES string of the molecule is CCCCC/C=C\C/C=C\CCCCCCCC(=O)OCCCCCCCC/C=C\CCCCCC(=O)NC(CO)C(O)/C=C/CCCCCCCCCCCCCCCCCCCCCCCCC. The Kier molecular flexibility index (Phi) is 57.5. The maximum absolute atomic E-state index is 12.5. The summed E-state index contributed by atoms with van der Waals surface area (Å²) in [4.78, 5) is 24.5. The number of hydrogen-bond acceptors (Lipinski definition) is 5. The van der Waals surface area contributed by atoms with Crippen LogP contribution in [0.15, 0.2) is 48.6 Å². The van der Waals surface area contributed by atoms with E-state index in [2.05, 4.69) is 55.6 Å². The van der Waals surface area contributed by atoms with Crippen molar-refractivity contribution in [1.82, 2.24) is 5.32 Å². The molecule has 0 saturated carbocycles. The van der Waals surface area contributed by atoms with Gasteiger partial charge in [0.05, 0.1) is 25.4 Å². The third kappa shape index (κ3) is 55.1. The summed E-state index contributed by atoms with van der Waals surface area (Å²) in [6, 6.07) is -0.651. The standard InChI is InChI=1S/C64H119NO5/c1-3-5-7-9-11-13-15-17-19-20-21-22-23-24-25-26-27-28-30-32-36-40-44-48-52-56-62(67)61(60-66)65-63(68)57-53-49-45-41-37-33-31-35-39-43-47-51-55-59-70-64(69)58-54-50-46-42-38-34-29-18-16-14-12-10-8-6-4-2/h12,14,18,29,33,37,52,56,61-62,66-67H,3-11,13,15-17,19-28,30-32,34-36,38-51,53-55,57-60H2,1-2H3,(H,65,68)/b14-12-,29-18-,37-33-,56-52+. The molecule has 410 valence electrons. The number of esters is 1. The Morgan fingerprint density at radius 1 is 0.400 bits per heavy atom. The smallest absolute Gasteiger partial charge is 0.305 e. The van der Waals surface area contributed by atoms with E-state index >= 15 is 0 Å². The Labute approximate surface area is 436 Å². The van der Waals surface area contributed by atoms with Crippen LogP contribution < -0.4 is 5.32 Å². The van der Waals surface area contributed by atoms with Gasteiger partial charge < -0.3 is 20.3 Å². The van der Waals surface area contributed by atoms with E-state index in [9.17, 15) is 19.8 Å². The highest BCUT2D eigenvalue weighted by molar-refractivity contribution is 5.76. The lowest BCUT2D eigenvalue weighted by Gasteiger charge is -2.19. The van der Waals surface area contributed by atoms with Gasteiger partial charge >= 0.3 is 5.97 Å². The van der Waals surface area contributed by atoms with E-state index in [0.29, 0.717) is 19.4 Å². The first-order valence-corrected chi connectivity index (χ1v) is 30.9. The number of allylic oxidation sites excluding steroid dienone is 7. The quantitative estimate of drug-likeness (QED) is 0.0321. The Morgan fingerprint density at radius 2 is 0.714 bits per heavy atom. The summed E-state index contributed by atoms with van der Waals surface area (Å²) >= 11 is 0. The summed E-state index contributed by atoms with van der Waals surface area (Å²) in [6.45, 7) is 4.84. The van der Waals surface area contributed by atoms with Gasteiger partial charge in [0, 0.05) is 12.8 Å². The lowest BCUT2D eigenvalue weighted by Crippen LogP contribution is -2.45. The number of aliphatic hydroxyl groups is 2. The minimum absolute atomic E-state index is 0.0279. The highest BCUT2D eigenvalue weighted by atomic mass is 16.5. The topological polar surface area (TPSA) is 95.9 Å². The van der Waals surface area contributed by atoms with E-state index in [4.69, 9.17) is 4.74 Å². The molecule has 0 aromatic carbocycles. The van der Waals surface area contributed by atoms with Gasteiger partial charge in [0.25, 0.3) is 0 Å². The number of nitrogens with one attached hydrogen (secondary N) is 1. The molecule has 2 unspecified atom stereocenters. The zero-order chi connectivity index (χ0) is 50.7. The van der Waals surface area contributed by atoms with Crippen molar-refractivity contribution in [3.8, 4) is 0 Å². The van der Waals surface area contributed by atoms with Crippen LogP contribution in [-0.2, 0) is 14.3 Å². The molecule has 3 N–H and O–H groups in total. The van der Waals surface area contributed by atoms with Crippen molar-refractivity contribution in [3.63, 3.8) is 0 Å². The molecule has 6 heteroatoms. The summed E-state index contributed by atoms with van der Waals surface area (Å²) in [6.07, 6.45) is 75.7. The van der Waals surface area contributed by atoms with Crippen LogP contribution in [0, 0.1) is 0 Å². The molecule has 0 aromatic rings. The molecule has 0 aromatic heterocycles. The molecule has 2 atom stereocenters. The molecule has 0 bridgehead atoms. The molecule has 0 radical (unpaired) electrons. The molecule has 0 saturated heterocycles. The third-order valence-electron chi connectivity index (χ3n) is 14.1. The van der Waals surface area contributed by atoms with Gasteiger partial charge in [0.2, 0.25) is 5.91 Å². The fourth-order valence-corrected chi connectivity index (χ4v) is 9.31. The van der Waals surface area contributed by atoms with Gasteiger partial charge in [-0.15, -0.1) is 0 Å². The Bertz CT molecular complexity index is 1180. The normalized spacial score (nSPS) is 12.9. The molecule has 0 fully saturated rings. The van der Waals surface area contributed by atoms with E-state index in [1.807, 2.05) is 6.08 Å². The van der Waals surface area contributed by atoms with Crippen molar-refractivity contribution in [2.45, 2.75) is 334 Å². The maximum atomic E-state index is 12.5. The fourth-order valence-electron chi connectivity index (χ4n) is 9.31. The van der Waals surface area contributed by atoms with Gasteiger partial charge in [-0.05, 0) is 89.9 Å². The molecular formula is C64H119NO5. The molecule has 70 heavy (non-hydrogen) atoms. The molecule has 0 spiro atoms. The number of hydrogen-bond donors (Lipinski definition) is 3. The van der Waals surface area contributed by atoms with E-state index in [-0.39, 0.29) is 18.5 Å². The van der Waals surface area contributed by atoms with Crippen LogP contribution in [0.4, 0.5) is 0 Å². The van der Waals surface area contributed by atoms with Crippen LogP contribution in [0.3, 0.4) is 0 Å². The zero-order valence-electron chi connectivity index (χ0n) is 46.7. The average molecular weight is 983 g/mol. The van der Waals surface area contributed by atoms with Gasteiger partial charge in [0.15, 0.2) is 0 Å². The van der Waals surface area contributed by atoms with Gasteiger partial charge in [-0.3, -0.25) is 9.59 Å². The first-order chi connectivity index (χ1) is 34.5. The second kappa shape index (κ2) is 59.4. The minimum Gasteiger partial charge on any atom is -0.466 e. The van der Waals surface area contributed by atoms with Crippen LogP contribution in [-0.4, -0.2) is 47.4 Å². The van der Waals surface area contributed by atoms with Crippen LogP contribution >= 0.6 is 0 Å². The molecule has 0 aliphatic carbocycles. The maximum Gasteiger partial charge on any atom is 0.305 e. The fraction of sp³-hybridized carbons (Fsp3) is 0.844. The largest absolute Gasteiger partial charge is 0.466 e. The highest BCUT2D eigenvalue weighted by Crippen LogP contribution is 2.17. The number of ether oxygens (including phenoxy) is 1. The predicted octanol–water partition coefficient (Wildman–Crippen LogP) is 19.4. The van der Waals surface area contributed by atoms with Crippen molar-refractivity contribution in [2.75, 3.05) is 13.2 Å². The first-order valence-electron chi connectivity index (χ1n) is 30.9. The Hall–Kier alpha value is -2.18. The van der Waals surface area contributed by atoms with Crippen LogP contribution in [0.1, 0.15) is 322 Å². The molecule has 0 heterocycles. The van der Waals surface area contributed by atoms with E-state index in [1.165, 1.54) is 212 Å². The number of amides is 1. The molecule has 0 rings (SSSR count). The summed E-state index contributed by atoms with van der Waals surface area (Å²) in [5, 5.41) is 23.2. The third-order valence-corrected chi connectivity index (χ3v) is 14.1. The van der Waals surface area contributed by atoms with Gasteiger partial charge in [0.1, 0.15) is 0 Å².